The lowest BCUT2D eigenvalue weighted by atomic mass is 9.96. The van der Waals surface area contributed by atoms with Gasteiger partial charge in [0.05, 0.1) is 11.4 Å². The van der Waals surface area contributed by atoms with Gasteiger partial charge in [-0.15, -0.1) is 0 Å². The molecule has 9 nitrogen and oxygen atoms in total. The van der Waals surface area contributed by atoms with E-state index in [1.54, 1.807) is 48.5 Å². The Morgan fingerprint density at radius 2 is 1.64 bits per heavy atom. The first-order chi connectivity index (χ1) is 17.1. The quantitative estimate of drug-likeness (QED) is 0.425. The molecule has 2 aromatic carbocycles. The van der Waals surface area contributed by atoms with E-state index in [4.69, 9.17) is 0 Å². The molecule has 1 heterocycles. The predicted molar refractivity (Wildman–Crippen MR) is 138 cm³/mol. The van der Waals surface area contributed by atoms with Crippen molar-refractivity contribution in [1.29, 1.82) is 0 Å². The van der Waals surface area contributed by atoms with Crippen molar-refractivity contribution in [3.8, 4) is 0 Å². The fraction of sp³-hybridized carbons (Fsp3) is 0.407. The number of fused-ring (bicyclic) bond motifs is 1. The van der Waals surface area contributed by atoms with Crippen molar-refractivity contribution in [2.45, 2.75) is 58.7 Å². The number of aliphatic carboxylic acids is 1. The molecule has 1 aliphatic heterocycles. The Labute approximate surface area is 211 Å². The van der Waals surface area contributed by atoms with Crippen LogP contribution >= 0.6 is 0 Å². The number of nitrogens with zero attached hydrogens (tertiary/aromatic N) is 1. The maximum absolute atomic E-state index is 13.6. The molecule has 0 aromatic heterocycles. The van der Waals surface area contributed by atoms with E-state index in [2.05, 4.69) is 16.0 Å². The van der Waals surface area contributed by atoms with Crippen molar-refractivity contribution < 1.29 is 24.3 Å². The molecule has 4 amide bonds. The van der Waals surface area contributed by atoms with Crippen molar-refractivity contribution in [1.82, 2.24) is 10.6 Å². The van der Waals surface area contributed by atoms with Gasteiger partial charge in [0, 0.05) is 6.42 Å². The predicted octanol–water partition coefficient (Wildman–Crippen LogP) is 3.41. The minimum atomic E-state index is -1.16. The van der Waals surface area contributed by atoms with Gasteiger partial charge in [0.2, 0.25) is 11.8 Å². The van der Waals surface area contributed by atoms with Gasteiger partial charge in [-0.3, -0.25) is 14.5 Å². The van der Waals surface area contributed by atoms with Crippen molar-refractivity contribution in [3.05, 3.63) is 60.2 Å². The Balaban J connectivity index is 1.85. The summed E-state index contributed by atoms with van der Waals surface area (Å²) in [7, 11) is 0. The zero-order chi connectivity index (χ0) is 26.4. The van der Waals surface area contributed by atoms with Crippen LogP contribution in [0.15, 0.2) is 54.6 Å². The molecule has 192 valence electrons. The fourth-order valence-electron chi connectivity index (χ4n) is 4.32. The third-order valence-corrected chi connectivity index (χ3v) is 6.49. The Bertz CT molecular complexity index is 1100. The maximum Gasteiger partial charge on any atom is 0.326 e. The second-order valence-corrected chi connectivity index (χ2v) is 9.47. The third kappa shape index (κ3) is 6.02. The molecule has 3 rings (SSSR count). The van der Waals surface area contributed by atoms with Gasteiger partial charge in [0.25, 0.3) is 0 Å². The molecule has 0 bridgehead atoms. The largest absolute Gasteiger partial charge is 0.480 e. The van der Waals surface area contributed by atoms with Gasteiger partial charge in [-0.05, 0) is 29.5 Å². The van der Waals surface area contributed by atoms with Gasteiger partial charge in [-0.25, -0.2) is 9.59 Å². The second kappa shape index (κ2) is 11.7. The minimum absolute atomic E-state index is 0.109. The van der Waals surface area contributed by atoms with Gasteiger partial charge in [-0.2, -0.15) is 0 Å². The second-order valence-electron chi connectivity index (χ2n) is 9.47. The van der Waals surface area contributed by atoms with Gasteiger partial charge in [-0.1, -0.05) is 76.6 Å². The van der Waals surface area contributed by atoms with E-state index in [0.717, 1.165) is 5.56 Å². The summed E-state index contributed by atoms with van der Waals surface area (Å²) in [6, 6.07) is 12.5. The molecule has 0 spiro atoms. The summed E-state index contributed by atoms with van der Waals surface area (Å²) in [6.07, 6.45) is 0.678. The monoisotopic (exact) mass is 494 g/mol. The number of carboxylic acids is 1. The number of benzene rings is 2. The zero-order valence-corrected chi connectivity index (χ0v) is 21.0. The average Bonchev–Trinajstić information content (AvgIpc) is 2.85. The molecular weight excluding hydrogens is 460 g/mol. The average molecular weight is 495 g/mol. The van der Waals surface area contributed by atoms with E-state index >= 15 is 0 Å². The van der Waals surface area contributed by atoms with Crippen LogP contribution < -0.4 is 20.9 Å². The van der Waals surface area contributed by atoms with Crippen LogP contribution in [0.5, 0.6) is 0 Å². The van der Waals surface area contributed by atoms with Gasteiger partial charge >= 0.3 is 12.0 Å². The standard InChI is InChI=1S/C27H34N4O5/c1-5-17(4)22(24(32)29-20(26(34)35)15-18-11-7-6-8-12-18)30-27(36)31-21-14-10-9-13-19(21)28-25(33)23(31)16(2)3/h6-14,16-17,20,22-23H,5,15H2,1-4H3,(H,28,33)(H,29,32)(H,30,36)(H,34,35)/t17?,20-,22-,23-/m0/s1. The van der Waals surface area contributed by atoms with Crippen LogP contribution in [0.4, 0.5) is 16.2 Å². The maximum atomic E-state index is 13.6. The van der Waals surface area contributed by atoms with E-state index in [9.17, 15) is 24.3 Å². The lowest BCUT2D eigenvalue weighted by Crippen LogP contribution is -2.61. The van der Waals surface area contributed by atoms with Crippen LogP contribution in [-0.4, -0.2) is 47.0 Å². The summed E-state index contributed by atoms with van der Waals surface area (Å²) in [5.41, 5.74) is 1.81. The van der Waals surface area contributed by atoms with E-state index in [1.165, 1.54) is 4.90 Å². The number of hydrogen-bond donors (Lipinski definition) is 4. The zero-order valence-electron chi connectivity index (χ0n) is 21.0. The SMILES string of the molecule is CCC(C)[C@H](NC(=O)N1c2ccccc2NC(=O)[C@@H]1C(C)C)C(=O)N[C@@H](Cc1ccccc1)C(=O)O. The highest BCUT2D eigenvalue weighted by molar-refractivity contribution is 6.12. The molecule has 0 aliphatic carbocycles. The van der Waals surface area contributed by atoms with Gasteiger partial charge in [0.1, 0.15) is 18.1 Å². The molecule has 1 unspecified atom stereocenters. The van der Waals surface area contributed by atoms with E-state index in [0.29, 0.717) is 17.8 Å². The van der Waals surface area contributed by atoms with E-state index in [1.807, 2.05) is 33.8 Å². The highest BCUT2D eigenvalue weighted by Crippen LogP contribution is 2.34. The van der Waals surface area contributed by atoms with Crippen LogP contribution in [-0.2, 0) is 20.8 Å². The molecule has 0 saturated carbocycles. The van der Waals surface area contributed by atoms with Gasteiger partial charge in [0.15, 0.2) is 0 Å². The third-order valence-electron chi connectivity index (χ3n) is 6.49. The van der Waals surface area contributed by atoms with Crippen molar-refractivity contribution in [2.75, 3.05) is 10.2 Å². The normalized spacial score (nSPS) is 17.4. The van der Waals surface area contributed by atoms with Crippen molar-refractivity contribution >= 4 is 35.2 Å². The number of carbonyl (C=O) groups excluding carboxylic acids is 3. The molecule has 0 radical (unpaired) electrons. The number of hydrogen-bond acceptors (Lipinski definition) is 4. The van der Waals surface area contributed by atoms with E-state index in [-0.39, 0.29) is 24.2 Å². The van der Waals surface area contributed by atoms with Crippen LogP contribution in [0.2, 0.25) is 0 Å². The molecular formula is C27H34N4O5. The van der Waals surface area contributed by atoms with Crippen molar-refractivity contribution in [3.63, 3.8) is 0 Å². The fourth-order valence-corrected chi connectivity index (χ4v) is 4.32. The topological polar surface area (TPSA) is 128 Å². The van der Waals surface area contributed by atoms with Crippen molar-refractivity contribution in [2.24, 2.45) is 11.8 Å². The van der Waals surface area contributed by atoms with Crippen LogP contribution in [0.1, 0.15) is 39.7 Å². The summed E-state index contributed by atoms with van der Waals surface area (Å²) < 4.78 is 0. The molecule has 4 N–H and O–H groups in total. The Morgan fingerprint density at radius 1 is 1.00 bits per heavy atom. The summed E-state index contributed by atoms with van der Waals surface area (Å²) in [6.45, 7) is 7.39. The number of amides is 4. The first-order valence-electron chi connectivity index (χ1n) is 12.2. The first kappa shape index (κ1) is 26.7. The summed E-state index contributed by atoms with van der Waals surface area (Å²) in [5.74, 6) is -2.54. The van der Waals surface area contributed by atoms with Crippen LogP contribution in [0.3, 0.4) is 0 Å². The molecule has 2 aromatic rings. The first-order valence-corrected chi connectivity index (χ1v) is 12.2. The smallest absolute Gasteiger partial charge is 0.326 e. The number of nitrogens with one attached hydrogen (secondary N) is 3. The number of carbonyl (C=O) groups is 4. The molecule has 0 fully saturated rings. The summed E-state index contributed by atoms with van der Waals surface area (Å²) >= 11 is 0. The number of rotatable bonds is 9. The highest BCUT2D eigenvalue weighted by Gasteiger charge is 2.40. The highest BCUT2D eigenvalue weighted by atomic mass is 16.4. The number of urea groups is 1. The van der Waals surface area contributed by atoms with Crippen LogP contribution in [0.25, 0.3) is 0 Å². The lowest BCUT2D eigenvalue weighted by molar-refractivity contribution is -0.142. The summed E-state index contributed by atoms with van der Waals surface area (Å²) in [5, 5.41) is 18.0. The molecule has 0 saturated heterocycles. The molecule has 1 aliphatic rings. The van der Waals surface area contributed by atoms with Gasteiger partial charge < -0.3 is 21.1 Å². The van der Waals surface area contributed by atoms with Crippen LogP contribution in [0, 0.1) is 11.8 Å². The lowest BCUT2D eigenvalue weighted by Gasteiger charge is -2.39. The molecule has 4 atom stereocenters. The van der Waals surface area contributed by atoms with E-state index < -0.39 is 36.0 Å². The number of anilines is 2. The Morgan fingerprint density at radius 3 is 2.25 bits per heavy atom. The number of para-hydroxylation sites is 2. The summed E-state index contributed by atoms with van der Waals surface area (Å²) in [4.78, 5) is 53.0. The Hall–Kier alpha value is -3.88. The molecule has 36 heavy (non-hydrogen) atoms. The minimum Gasteiger partial charge on any atom is -0.480 e. The Kier molecular flexibility index (Phi) is 8.68. The number of carboxylic acid groups (broad SMARTS) is 1. The molecule has 9 heteroatoms.